The van der Waals surface area contributed by atoms with Gasteiger partial charge in [0.25, 0.3) is 10.0 Å². The fourth-order valence-corrected chi connectivity index (χ4v) is 4.94. The lowest BCUT2D eigenvalue weighted by molar-refractivity contribution is 0.0959. The number of aromatic nitrogens is 1. The number of anilines is 2. The van der Waals surface area contributed by atoms with Crippen molar-refractivity contribution in [2.45, 2.75) is 17.9 Å². The monoisotopic (exact) mass is 439 g/mol. The minimum Gasteiger partial charge on any atom is -0.486 e. The normalized spacial score (nSPS) is 15.4. The molecule has 1 atom stereocenters. The standard InChI is InChI=1S/C23H25N3O4S/c1-3-26(18-9-5-4-6-10-18)31(27,28)20-13-14-23(24-15-20)25(2)16-19-17-29-21-11-7-8-12-22(21)30-19/h4-15,19H,3,16-17H2,1-2H3/t19-/m1/s1. The average molecular weight is 440 g/mol. The van der Waals surface area contributed by atoms with E-state index in [1.165, 1.54) is 10.5 Å². The smallest absolute Gasteiger partial charge is 0.265 e. The van der Waals surface area contributed by atoms with Gasteiger partial charge in [-0.1, -0.05) is 30.3 Å². The molecule has 0 spiro atoms. The fourth-order valence-electron chi connectivity index (χ4n) is 3.52. The molecule has 0 aliphatic carbocycles. The lowest BCUT2D eigenvalue weighted by atomic mass is 10.2. The van der Waals surface area contributed by atoms with Crippen molar-refractivity contribution < 1.29 is 17.9 Å². The van der Waals surface area contributed by atoms with Gasteiger partial charge in [0, 0.05) is 19.8 Å². The Balaban J connectivity index is 1.46. The molecule has 0 bridgehead atoms. The Bertz CT molecular complexity index is 1120. The predicted molar refractivity (Wildman–Crippen MR) is 121 cm³/mol. The maximum atomic E-state index is 13.1. The number of hydrogen-bond donors (Lipinski definition) is 0. The van der Waals surface area contributed by atoms with E-state index in [0.717, 1.165) is 11.5 Å². The summed E-state index contributed by atoms with van der Waals surface area (Å²) in [7, 11) is -1.81. The molecule has 2 heterocycles. The molecule has 4 rings (SSSR count). The molecule has 162 valence electrons. The zero-order valence-electron chi connectivity index (χ0n) is 17.5. The van der Waals surface area contributed by atoms with E-state index in [0.29, 0.717) is 31.2 Å². The number of nitrogens with zero attached hydrogens (tertiary/aromatic N) is 3. The molecule has 0 amide bonds. The van der Waals surface area contributed by atoms with Gasteiger partial charge in [0.1, 0.15) is 17.3 Å². The van der Waals surface area contributed by atoms with E-state index in [9.17, 15) is 8.42 Å². The fraction of sp³-hybridized carbons (Fsp3) is 0.261. The molecule has 1 aromatic heterocycles. The Morgan fingerprint density at radius 2 is 1.71 bits per heavy atom. The van der Waals surface area contributed by atoms with Gasteiger partial charge in [-0.05, 0) is 43.3 Å². The quantitative estimate of drug-likeness (QED) is 0.560. The topological polar surface area (TPSA) is 72.0 Å². The van der Waals surface area contributed by atoms with Gasteiger partial charge < -0.3 is 14.4 Å². The van der Waals surface area contributed by atoms with E-state index in [-0.39, 0.29) is 11.0 Å². The third-order valence-corrected chi connectivity index (χ3v) is 6.96. The van der Waals surface area contributed by atoms with Crippen LogP contribution in [0.4, 0.5) is 11.5 Å². The predicted octanol–water partition coefficient (Wildman–Crippen LogP) is 3.57. The van der Waals surface area contributed by atoms with Crippen LogP contribution in [-0.4, -0.2) is 46.2 Å². The van der Waals surface area contributed by atoms with Crippen LogP contribution in [0.25, 0.3) is 0 Å². The Morgan fingerprint density at radius 1 is 1.00 bits per heavy atom. The zero-order valence-corrected chi connectivity index (χ0v) is 18.3. The van der Waals surface area contributed by atoms with Crippen LogP contribution in [0.1, 0.15) is 6.92 Å². The highest BCUT2D eigenvalue weighted by molar-refractivity contribution is 7.92. The van der Waals surface area contributed by atoms with E-state index >= 15 is 0 Å². The molecule has 1 aliphatic rings. The summed E-state index contributed by atoms with van der Waals surface area (Å²) in [4.78, 5) is 6.47. The largest absolute Gasteiger partial charge is 0.486 e. The summed E-state index contributed by atoms with van der Waals surface area (Å²) in [6.45, 7) is 3.13. The minimum atomic E-state index is -3.70. The third kappa shape index (κ3) is 4.44. The third-order valence-electron chi connectivity index (χ3n) is 5.08. The van der Waals surface area contributed by atoms with Crippen LogP contribution in [0, 0.1) is 0 Å². The molecule has 0 saturated carbocycles. The summed E-state index contributed by atoms with van der Waals surface area (Å²) in [5.74, 6) is 2.12. The molecule has 7 nitrogen and oxygen atoms in total. The Labute approximate surface area is 182 Å². The lowest BCUT2D eigenvalue weighted by Crippen LogP contribution is -2.39. The molecule has 1 aliphatic heterocycles. The first-order valence-electron chi connectivity index (χ1n) is 10.1. The summed E-state index contributed by atoms with van der Waals surface area (Å²) < 4.78 is 39.4. The van der Waals surface area contributed by atoms with Gasteiger partial charge in [-0.15, -0.1) is 0 Å². The second kappa shape index (κ2) is 8.85. The van der Waals surface area contributed by atoms with Gasteiger partial charge in [-0.25, -0.2) is 13.4 Å². The second-order valence-electron chi connectivity index (χ2n) is 7.24. The molecule has 0 fully saturated rings. The number of sulfonamides is 1. The van der Waals surface area contributed by atoms with Crippen molar-refractivity contribution in [3.05, 3.63) is 72.9 Å². The number of pyridine rings is 1. The highest BCUT2D eigenvalue weighted by Crippen LogP contribution is 2.31. The maximum absolute atomic E-state index is 13.1. The molecule has 0 radical (unpaired) electrons. The van der Waals surface area contributed by atoms with Gasteiger partial charge in [0.15, 0.2) is 17.6 Å². The van der Waals surface area contributed by atoms with Gasteiger partial charge >= 0.3 is 0 Å². The first-order chi connectivity index (χ1) is 15.0. The summed E-state index contributed by atoms with van der Waals surface area (Å²) in [6.07, 6.45) is 1.25. The summed E-state index contributed by atoms with van der Waals surface area (Å²) in [6, 6.07) is 19.9. The average Bonchev–Trinajstić information content (AvgIpc) is 2.80. The molecule has 0 N–H and O–H groups in total. The van der Waals surface area contributed by atoms with Crippen molar-refractivity contribution in [3.8, 4) is 11.5 Å². The van der Waals surface area contributed by atoms with Crippen LogP contribution in [0.5, 0.6) is 11.5 Å². The number of hydrogen-bond acceptors (Lipinski definition) is 6. The molecular weight excluding hydrogens is 414 g/mol. The van der Waals surface area contributed by atoms with Gasteiger partial charge in [-0.2, -0.15) is 0 Å². The first-order valence-corrected chi connectivity index (χ1v) is 11.6. The summed E-state index contributed by atoms with van der Waals surface area (Å²) in [5, 5.41) is 0. The van der Waals surface area contributed by atoms with Gasteiger partial charge in [0.2, 0.25) is 0 Å². The molecule has 8 heteroatoms. The van der Waals surface area contributed by atoms with E-state index in [2.05, 4.69) is 4.98 Å². The molecule has 2 aromatic carbocycles. The lowest BCUT2D eigenvalue weighted by Gasteiger charge is -2.30. The number of rotatable bonds is 7. The van der Waals surface area contributed by atoms with Crippen LogP contribution >= 0.6 is 0 Å². The summed E-state index contributed by atoms with van der Waals surface area (Å²) in [5.41, 5.74) is 0.626. The van der Waals surface area contributed by atoms with E-state index in [1.54, 1.807) is 24.3 Å². The van der Waals surface area contributed by atoms with Crippen molar-refractivity contribution in [2.75, 3.05) is 35.9 Å². The van der Waals surface area contributed by atoms with Crippen molar-refractivity contribution in [3.63, 3.8) is 0 Å². The van der Waals surface area contributed by atoms with Gasteiger partial charge in [-0.3, -0.25) is 4.31 Å². The van der Waals surface area contributed by atoms with Crippen LogP contribution in [0.15, 0.2) is 77.8 Å². The second-order valence-corrected chi connectivity index (χ2v) is 9.10. The van der Waals surface area contributed by atoms with E-state index < -0.39 is 10.0 Å². The van der Waals surface area contributed by atoms with Crippen molar-refractivity contribution in [1.29, 1.82) is 0 Å². The number of ether oxygens (including phenoxy) is 2. The highest BCUT2D eigenvalue weighted by Gasteiger charge is 2.25. The Hall–Kier alpha value is -3.26. The van der Waals surface area contributed by atoms with Crippen molar-refractivity contribution >= 4 is 21.5 Å². The van der Waals surface area contributed by atoms with Crippen LogP contribution in [0.3, 0.4) is 0 Å². The number of fused-ring (bicyclic) bond motifs is 1. The Morgan fingerprint density at radius 3 is 2.39 bits per heavy atom. The Kier molecular flexibility index (Phi) is 5.99. The molecule has 31 heavy (non-hydrogen) atoms. The highest BCUT2D eigenvalue weighted by atomic mass is 32.2. The van der Waals surface area contributed by atoms with Crippen molar-refractivity contribution in [2.24, 2.45) is 0 Å². The minimum absolute atomic E-state index is 0.154. The first kappa shape index (κ1) is 21.0. The number of likely N-dealkylation sites (N-methyl/N-ethyl adjacent to an activating group) is 1. The molecule has 0 saturated heterocycles. The van der Waals surface area contributed by atoms with E-state index in [4.69, 9.17) is 9.47 Å². The zero-order chi connectivity index (χ0) is 21.8. The van der Waals surface area contributed by atoms with Crippen LogP contribution in [0.2, 0.25) is 0 Å². The summed E-state index contributed by atoms with van der Waals surface area (Å²) >= 11 is 0. The van der Waals surface area contributed by atoms with Crippen molar-refractivity contribution in [1.82, 2.24) is 4.98 Å². The molecule has 3 aromatic rings. The maximum Gasteiger partial charge on any atom is 0.265 e. The van der Waals surface area contributed by atoms with Crippen LogP contribution in [-0.2, 0) is 10.0 Å². The van der Waals surface area contributed by atoms with E-state index in [1.807, 2.05) is 61.3 Å². The molecular formula is C23H25N3O4S. The molecule has 0 unspecified atom stereocenters. The number of para-hydroxylation sites is 3. The number of benzene rings is 2. The van der Waals surface area contributed by atoms with Gasteiger partial charge in [0.05, 0.1) is 12.2 Å². The SMILES string of the molecule is CCN(c1ccccc1)S(=O)(=O)c1ccc(N(C)C[C@@H]2COc3ccccc3O2)nc1. The van der Waals surface area contributed by atoms with Crippen LogP contribution < -0.4 is 18.7 Å².